The summed E-state index contributed by atoms with van der Waals surface area (Å²) in [6.45, 7) is 2.08. The molecule has 0 aliphatic rings. The van der Waals surface area contributed by atoms with Crippen molar-refractivity contribution in [1.82, 2.24) is 0 Å². The second-order valence-electron chi connectivity index (χ2n) is 1.87. The quantitative estimate of drug-likeness (QED) is 0.459. The molecule has 0 fully saturated rings. The highest BCUT2D eigenvalue weighted by atomic mass is 32.1. The van der Waals surface area contributed by atoms with E-state index < -0.39 is 0 Å². The summed E-state index contributed by atoms with van der Waals surface area (Å²) in [5.41, 5.74) is 1.30. The molecule has 0 radical (unpaired) electrons. The Morgan fingerprint density at radius 1 is 1.12 bits per heavy atom. The van der Waals surface area contributed by atoms with Gasteiger partial charge in [-0.1, -0.05) is 17.7 Å². The lowest BCUT2D eigenvalue weighted by atomic mass is 10.2. The SMILES string of the molecule is Cc1ccc([SH2+])cc1. The van der Waals surface area contributed by atoms with Gasteiger partial charge in [0.15, 0.2) is 0 Å². The van der Waals surface area contributed by atoms with Gasteiger partial charge < -0.3 is 0 Å². The zero-order chi connectivity index (χ0) is 5.98. The first kappa shape index (κ1) is 5.70. The Hall–Kier alpha value is -0.430. The summed E-state index contributed by atoms with van der Waals surface area (Å²) in [7, 11) is 0. The maximum absolute atomic E-state index is 3.39. The average Bonchev–Trinajstić information content (AvgIpc) is 1.77. The Morgan fingerprint density at radius 2 is 1.62 bits per heavy atom. The molecule has 1 aromatic carbocycles. The van der Waals surface area contributed by atoms with Crippen LogP contribution in [-0.4, -0.2) is 0 Å². The van der Waals surface area contributed by atoms with E-state index in [1.165, 1.54) is 5.56 Å². The van der Waals surface area contributed by atoms with E-state index in [0.29, 0.717) is 0 Å². The van der Waals surface area contributed by atoms with Crippen LogP contribution in [0.25, 0.3) is 0 Å². The molecule has 0 spiro atoms. The lowest BCUT2D eigenvalue weighted by Crippen LogP contribution is -1.70. The summed E-state index contributed by atoms with van der Waals surface area (Å²) in [5, 5.41) is 0. The van der Waals surface area contributed by atoms with Crippen molar-refractivity contribution in [1.29, 1.82) is 0 Å². The van der Waals surface area contributed by atoms with E-state index >= 15 is 0 Å². The predicted octanol–water partition coefficient (Wildman–Crippen LogP) is 1.37. The maximum Gasteiger partial charge on any atom is 0.150 e. The Labute approximate surface area is 55.0 Å². The molecule has 0 bridgehead atoms. The Morgan fingerprint density at radius 3 is 2.00 bits per heavy atom. The van der Waals surface area contributed by atoms with Crippen LogP contribution < -0.4 is 0 Å². The molecule has 0 atom stereocenters. The molecule has 1 heteroatoms. The van der Waals surface area contributed by atoms with E-state index in [-0.39, 0.29) is 0 Å². The standard InChI is InChI=1S/C7H8S/c1-6-2-4-7(8)5-3-6/h2-5,8H,1H3/p+1. The van der Waals surface area contributed by atoms with Crippen molar-refractivity contribution in [2.24, 2.45) is 0 Å². The molecule has 0 aromatic heterocycles. The first-order chi connectivity index (χ1) is 3.79. The van der Waals surface area contributed by atoms with Crippen LogP contribution in [0.3, 0.4) is 0 Å². The third-order valence-electron chi connectivity index (χ3n) is 1.05. The van der Waals surface area contributed by atoms with Gasteiger partial charge in [-0.25, -0.2) is 0 Å². The van der Waals surface area contributed by atoms with Gasteiger partial charge in [0, 0.05) is 0 Å². The summed E-state index contributed by atoms with van der Waals surface area (Å²) in [6.07, 6.45) is 0. The fraction of sp³-hybridized carbons (Fsp3) is 0.143. The zero-order valence-corrected chi connectivity index (χ0v) is 5.81. The van der Waals surface area contributed by atoms with Crippen LogP contribution in [0.2, 0.25) is 0 Å². The van der Waals surface area contributed by atoms with Crippen molar-refractivity contribution in [3.05, 3.63) is 29.8 Å². The fourth-order valence-electron chi connectivity index (χ4n) is 0.554. The summed E-state index contributed by atoms with van der Waals surface area (Å²) in [6, 6.07) is 8.21. The normalized spacial score (nSPS) is 9.25. The van der Waals surface area contributed by atoms with Gasteiger partial charge in [-0.2, -0.15) is 0 Å². The van der Waals surface area contributed by atoms with Crippen LogP contribution >= 0.6 is 0 Å². The third-order valence-corrected chi connectivity index (χ3v) is 1.38. The van der Waals surface area contributed by atoms with Crippen molar-refractivity contribution < 1.29 is 0 Å². The van der Waals surface area contributed by atoms with Gasteiger partial charge in [0.2, 0.25) is 0 Å². The second kappa shape index (κ2) is 2.23. The van der Waals surface area contributed by atoms with Crippen molar-refractivity contribution in [2.75, 3.05) is 0 Å². The van der Waals surface area contributed by atoms with Crippen LogP contribution in [-0.2, 0) is 12.6 Å². The summed E-state index contributed by atoms with van der Waals surface area (Å²) >= 11 is 3.39. The van der Waals surface area contributed by atoms with E-state index in [1.54, 1.807) is 0 Å². The van der Waals surface area contributed by atoms with Crippen LogP contribution in [0.1, 0.15) is 5.56 Å². The minimum atomic E-state index is 1.13. The molecule has 0 aliphatic heterocycles. The molecule has 1 rings (SSSR count). The van der Waals surface area contributed by atoms with Crippen molar-refractivity contribution in [2.45, 2.75) is 11.8 Å². The van der Waals surface area contributed by atoms with Gasteiger partial charge in [0.25, 0.3) is 0 Å². The van der Waals surface area contributed by atoms with E-state index in [2.05, 4.69) is 31.7 Å². The molecule has 0 N–H and O–H groups in total. The third kappa shape index (κ3) is 1.27. The Balaban J connectivity index is 3.03. The first-order valence-corrected chi connectivity index (χ1v) is 3.07. The molecule has 0 nitrogen and oxygen atoms in total. The van der Waals surface area contributed by atoms with Crippen molar-refractivity contribution >= 4 is 12.6 Å². The van der Waals surface area contributed by atoms with E-state index in [0.717, 1.165) is 4.90 Å². The zero-order valence-electron chi connectivity index (χ0n) is 4.81. The number of aryl methyl sites for hydroxylation is 1. The minimum Gasteiger partial charge on any atom is -0.0543 e. The largest absolute Gasteiger partial charge is 0.150 e. The molecule has 0 saturated heterocycles. The summed E-state index contributed by atoms with van der Waals surface area (Å²) < 4.78 is 0. The molecule has 8 heavy (non-hydrogen) atoms. The van der Waals surface area contributed by atoms with Crippen molar-refractivity contribution in [3.8, 4) is 0 Å². The molecule has 0 saturated carbocycles. The van der Waals surface area contributed by atoms with Gasteiger partial charge in [0.1, 0.15) is 4.90 Å². The second-order valence-corrected chi connectivity index (χ2v) is 2.44. The van der Waals surface area contributed by atoms with Gasteiger partial charge in [-0.05, 0) is 31.7 Å². The monoisotopic (exact) mass is 125 g/mol. The predicted molar refractivity (Wildman–Crippen MR) is 39.6 cm³/mol. The number of hydrogen-bond donors (Lipinski definition) is 0. The smallest absolute Gasteiger partial charge is 0.0543 e. The lowest BCUT2D eigenvalue weighted by molar-refractivity contribution is 1.38. The van der Waals surface area contributed by atoms with Gasteiger partial charge >= 0.3 is 0 Å². The van der Waals surface area contributed by atoms with E-state index in [4.69, 9.17) is 0 Å². The molecule has 0 amide bonds. The number of rotatable bonds is 0. The molecule has 42 valence electrons. The molecule has 0 aliphatic carbocycles. The minimum absolute atomic E-state index is 1.13. The highest BCUT2D eigenvalue weighted by molar-refractivity contribution is 7.58. The van der Waals surface area contributed by atoms with Crippen LogP contribution in [0.4, 0.5) is 0 Å². The fourth-order valence-corrected chi connectivity index (χ4v) is 0.720. The molecular weight excluding hydrogens is 116 g/mol. The van der Waals surface area contributed by atoms with Crippen LogP contribution in [0.5, 0.6) is 0 Å². The van der Waals surface area contributed by atoms with Crippen molar-refractivity contribution in [3.63, 3.8) is 0 Å². The lowest BCUT2D eigenvalue weighted by Gasteiger charge is -1.85. The average molecular weight is 125 g/mol. The Bertz CT molecular complexity index is 143. The molecular formula is C7H9S+. The maximum atomic E-state index is 3.39. The van der Waals surface area contributed by atoms with Crippen LogP contribution in [0.15, 0.2) is 29.2 Å². The van der Waals surface area contributed by atoms with E-state index in [1.807, 2.05) is 12.1 Å². The summed E-state index contributed by atoms with van der Waals surface area (Å²) in [5.74, 6) is 0. The van der Waals surface area contributed by atoms with Gasteiger partial charge in [0.05, 0.1) is 0 Å². The number of benzene rings is 1. The number of hydrogen-bond acceptors (Lipinski definition) is 0. The first-order valence-electron chi connectivity index (χ1n) is 2.57. The van der Waals surface area contributed by atoms with Crippen LogP contribution in [0, 0.1) is 6.92 Å². The summed E-state index contributed by atoms with van der Waals surface area (Å²) in [4.78, 5) is 1.13. The van der Waals surface area contributed by atoms with Gasteiger partial charge in [-0.3, -0.25) is 0 Å². The molecule has 1 aromatic rings. The highest BCUT2D eigenvalue weighted by Gasteiger charge is 1.86. The van der Waals surface area contributed by atoms with Gasteiger partial charge in [-0.15, -0.1) is 0 Å². The highest BCUT2D eigenvalue weighted by Crippen LogP contribution is 1.99. The topological polar surface area (TPSA) is 0 Å². The molecule has 0 heterocycles. The van der Waals surface area contributed by atoms with E-state index in [9.17, 15) is 0 Å². The Kier molecular flexibility index (Phi) is 1.59. The molecule has 0 unspecified atom stereocenters.